The summed E-state index contributed by atoms with van der Waals surface area (Å²) in [5.74, 6) is -0.804. The average molecular weight is 514 g/mol. The van der Waals surface area contributed by atoms with Gasteiger partial charge in [0.25, 0.3) is 5.91 Å². The summed E-state index contributed by atoms with van der Waals surface area (Å²) in [6.45, 7) is 0.737. The standard InChI is InChI=1S/C25H21Cl2N3O5/c26-17-12-23(18(27)11-22(17)34-14-24(31)32)35-21-7-8-28-13-16(21)25(33)30-10-9-29(15-5-6-15)19-3-1-2-4-20(19)30/h1-4,7-8,11-13,15H,5-6,9-10,14H2,(H,31,32). The molecule has 0 unspecified atom stereocenters. The molecule has 1 saturated carbocycles. The molecule has 2 heterocycles. The van der Waals surface area contributed by atoms with Crippen LogP contribution in [0.2, 0.25) is 10.0 Å². The Labute approximate surface area is 211 Å². The molecule has 0 saturated heterocycles. The van der Waals surface area contributed by atoms with Crippen LogP contribution in [0.4, 0.5) is 11.4 Å². The number of benzene rings is 2. The Kier molecular flexibility index (Phi) is 6.40. The lowest BCUT2D eigenvalue weighted by Gasteiger charge is -2.38. The zero-order chi connectivity index (χ0) is 24.5. The number of aliphatic carboxylic acids is 1. The molecule has 8 nitrogen and oxygen atoms in total. The second kappa shape index (κ2) is 9.64. The van der Waals surface area contributed by atoms with Gasteiger partial charge in [-0.1, -0.05) is 35.3 Å². The normalized spacial score (nSPS) is 14.9. The van der Waals surface area contributed by atoms with E-state index in [9.17, 15) is 9.59 Å². The number of anilines is 2. The van der Waals surface area contributed by atoms with Crippen molar-refractivity contribution in [3.63, 3.8) is 0 Å². The van der Waals surface area contributed by atoms with Gasteiger partial charge in [0.1, 0.15) is 22.8 Å². The highest BCUT2D eigenvalue weighted by molar-refractivity contribution is 6.35. The van der Waals surface area contributed by atoms with Gasteiger partial charge in [-0.2, -0.15) is 0 Å². The lowest BCUT2D eigenvalue weighted by atomic mass is 10.1. The molecular formula is C25H21Cl2N3O5. The van der Waals surface area contributed by atoms with E-state index in [-0.39, 0.29) is 38.8 Å². The monoisotopic (exact) mass is 513 g/mol. The summed E-state index contributed by atoms with van der Waals surface area (Å²) in [5, 5.41) is 9.08. The van der Waals surface area contributed by atoms with Crippen LogP contribution in [-0.2, 0) is 4.79 Å². The molecule has 3 aromatic rings. The van der Waals surface area contributed by atoms with Gasteiger partial charge in [0.05, 0.1) is 21.4 Å². The van der Waals surface area contributed by atoms with Gasteiger partial charge < -0.3 is 24.4 Å². The average Bonchev–Trinajstić information content (AvgIpc) is 3.70. The Morgan fingerprint density at radius 1 is 1.00 bits per heavy atom. The van der Waals surface area contributed by atoms with E-state index < -0.39 is 12.6 Å². The van der Waals surface area contributed by atoms with Crippen molar-refractivity contribution in [1.29, 1.82) is 0 Å². The zero-order valence-electron chi connectivity index (χ0n) is 18.5. The maximum absolute atomic E-state index is 13.7. The maximum atomic E-state index is 13.7. The van der Waals surface area contributed by atoms with Crippen molar-refractivity contribution < 1.29 is 24.2 Å². The smallest absolute Gasteiger partial charge is 0.341 e. The molecule has 0 spiro atoms. The number of rotatable bonds is 7. The van der Waals surface area contributed by atoms with Crippen LogP contribution in [0.3, 0.4) is 0 Å². The van der Waals surface area contributed by atoms with E-state index in [4.69, 9.17) is 37.8 Å². The highest BCUT2D eigenvalue weighted by atomic mass is 35.5. The third-order valence-electron chi connectivity index (χ3n) is 5.85. The van der Waals surface area contributed by atoms with Gasteiger partial charge in [0, 0.05) is 43.7 Å². The molecule has 1 fully saturated rings. The molecule has 1 aliphatic heterocycles. The van der Waals surface area contributed by atoms with Crippen LogP contribution in [0.15, 0.2) is 54.9 Å². The van der Waals surface area contributed by atoms with Crippen molar-refractivity contribution in [2.24, 2.45) is 0 Å². The quantitative estimate of drug-likeness (QED) is 0.459. The Balaban J connectivity index is 1.42. The number of para-hydroxylation sites is 2. The van der Waals surface area contributed by atoms with Crippen molar-refractivity contribution in [3.8, 4) is 17.2 Å². The van der Waals surface area contributed by atoms with Gasteiger partial charge in [-0.15, -0.1) is 0 Å². The summed E-state index contributed by atoms with van der Waals surface area (Å²) in [7, 11) is 0. The van der Waals surface area contributed by atoms with E-state index in [0.717, 1.165) is 17.9 Å². The molecule has 10 heteroatoms. The number of halogens is 2. The van der Waals surface area contributed by atoms with Gasteiger partial charge in [0.2, 0.25) is 0 Å². The van der Waals surface area contributed by atoms with E-state index in [1.165, 1.54) is 37.4 Å². The Bertz CT molecular complexity index is 1300. The predicted octanol–water partition coefficient (Wildman–Crippen LogP) is 5.27. The van der Waals surface area contributed by atoms with Crippen molar-refractivity contribution in [2.75, 3.05) is 29.5 Å². The van der Waals surface area contributed by atoms with E-state index in [1.54, 1.807) is 11.0 Å². The first-order valence-corrected chi connectivity index (χ1v) is 11.8. The Hall–Kier alpha value is -3.49. The number of carboxylic acids is 1. The number of nitrogens with zero attached hydrogens (tertiary/aromatic N) is 3. The van der Waals surface area contributed by atoms with Gasteiger partial charge in [-0.3, -0.25) is 9.78 Å². The number of amides is 1. The highest BCUT2D eigenvalue weighted by Crippen LogP contribution is 2.42. The first-order valence-electron chi connectivity index (χ1n) is 11.1. The second-order valence-electron chi connectivity index (χ2n) is 8.24. The molecule has 1 aliphatic carbocycles. The number of pyridine rings is 1. The molecule has 35 heavy (non-hydrogen) atoms. The van der Waals surface area contributed by atoms with Crippen molar-refractivity contribution in [3.05, 3.63) is 70.5 Å². The molecule has 1 aromatic heterocycles. The molecule has 1 N–H and O–H groups in total. The van der Waals surface area contributed by atoms with Crippen molar-refractivity contribution in [1.82, 2.24) is 4.98 Å². The van der Waals surface area contributed by atoms with E-state index >= 15 is 0 Å². The summed E-state index contributed by atoms with van der Waals surface area (Å²) in [4.78, 5) is 32.7. The number of ether oxygens (including phenoxy) is 2. The summed E-state index contributed by atoms with van der Waals surface area (Å²) >= 11 is 12.6. The number of hydrogen-bond acceptors (Lipinski definition) is 6. The van der Waals surface area contributed by atoms with Crippen LogP contribution in [0, 0.1) is 0 Å². The van der Waals surface area contributed by atoms with Crippen LogP contribution in [-0.4, -0.2) is 47.7 Å². The largest absolute Gasteiger partial charge is 0.480 e. The zero-order valence-corrected chi connectivity index (χ0v) is 20.0. The lowest BCUT2D eigenvalue weighted by Crippen LogP contribution is -2.45. The number of aromatic nitrogens is 1. The lowest BCUT2D eigenvalue weighted by molar-refractivity contribution is -0.139. The SMILES string of the molecule is O=C(O)COc1cc(Cl)c(Oc2ccncc2C(=O)N2CCN(C3CC3)c3ccccc32)cc1Cl. The van der Waals surface area contributed by atoms with Crippen LogP contribution in [0.25, 0.3) is 0 Å². The van der Waals surface area contributed by atoms with Crippen LogP contribution in [0.5, 0.6) is 17.2 Å². The first kappa shape index (κ1) is 23.3. The molecule has 1 amide bonds. The van der Waals surface area contributed by atoms with Crippen molar-refractivity contribution >= 4 is 46.5 Å². The van der Waals surface area contributed by atoms with Crippen molar-refractivity contribution in [2.45, 2.75) is 18.9 Å². The number of carbonyl (C=O) groups is 2. The number of carboxylic acid groups (broad SMARTS) is 1. The van der Waals surface area contributed by atoms with Gasteiger partial charge in [0.15, 0.2) is 6.61 Å². The van der Waals surface area contributed by atoms with Gasteiger partial charge >= 0.3 is 5.97 Å². The first-order chi connectivity index (χ1) is 16.9. The molecule has 0 radical (unpaired) electrons. The molecule has 180 valence electrons. The summed E-state index contributed by atoms with van der Waals surface area (Å²) in [6.07, 6.45) is 5.33. The fourth-order valence-electron chi connectivity index (χ4n) is 4.09. The maximum Gasteiger partial charge on any atom is 0.341 e. The predicted molar refractivity (Wildman–Crippen MR) is 132 cm³/mol. The highest BCUT2D eigenvalue weighted by Gasteiger charge is 2.36. The molecule has 0 atom stereocenters. The molecule has 0 bridgehead atoms. The minimum absolute atomic E-state index is 0.114. The van der Waals surface area contributed by atoms with Crippen LogP contribution in [0.1, 0.15) is 23.2 Å². The summed E-state index contributed by atoms with van der Waals surface area (Å²) in [5.41, 5.74) is 2.18. The second-order valence-corrected chi connectivity index (χ2v) is 9.05. The summed E-state index contributed by atoms with van der Waals surface area (Å²) in [6, 6.07) is 12.8. The van der Waals surface area contributed by atoms with Gasteiger partial charge in [-0.25, -0.2) is 4.79 Å². The van der Waals surface area contributed by atoms with E-state index in [2.05, 4.69) is 9.88 Å². The minimum Gasteiger partial charge on any atom is -0.480 e. The number of hydrogen-bond donors (Lipinski definition) is 1. The third-order valence-corrected chi connectivity index (χ3v) is 6.44. The van der Waals surface area contributed by atoms with Crippen LogP contribution >= 0.6 is 23.2 Å². The third kappa shape index (κ3) is 4.85. The van der Waals surface area contributed by atoms with Gasteiger partial charge in [-0.05, 0) is 31.0 Å². The summed E-state index contributed by atoms with van der Waals surface area (Å²) < 4.78 is 11.1. The Morgan fingerprint density at radius 3 is 2.46 bits per heavy atom. The number of carbonyl (C=O) groups excluding carboxylic acids is 1. The fraction of sp³-hybridized carbons (Fsp3) is 0.240. The minimum atomic E-state index is -1.14. The van der Waals surface area contributed by atoms with E-state index in [1.807, 2.05) is 24.3 Å². The van der Waals surface area contributed by atoms with Crippen LogP contribution < -0.4 is 19.3 Å². The molecule has 5 rings (SSSR count). The topological polar surface area (TPSA) is 92.2 Å². The molecular weight excluding hydrogens is 493 g/mol. The number of fused-ring (bicyclic) bond motifs is 1. The molecule has 2 aromatic carbocycles. The fourth-order valence-corrected chi connectivity index (χ4v) is 4.49. The van der Waals surface area contributed by atoms with E-state index in [0.29, 0.717) is 12.6 Å². The molecule has 2 aliphatic rings. The Morgan fingerprint density at radius 2 is 1.71 bits per heavy atom.